The summed E-state index contributed by atoms with van der Waals surface area (Å²) in [4.78, 5) is 3.25. The number of nitrogen functional groups attached to an aromatic ring is 1. The zero-order valence-corrected chi connectivity index (χ0v) is 11.7. The van der Waals surface area contributed by atoms with E-state index < -0.39 is 20.7 Å². The molecule has 0 unspecified atom stereocenters. The Balaban J connectivity index is 2.14. The largest absolute Gasteiger partial charge is 0.399 e. The smallest absolute Gasteiger partial charge is 0.243 e. The van der Waals surface area contributed by atoms with Crippen molar-refractivity contribution in [3.05, 3.63) is 35.1 Å². The van der Waals surface area contributed by atoms with Crippen LogP contribution in [0, 0.1) is 5.82 Å². The molecule has 10 heteroatoms. The van der Waals surface area contributed by atoms with E-state index in [1.807, 2.05) is 0 Å². The fourth-order valence-corrected chi connectivity index (χ4v) is 2.96. The Bertz CT molecular complexity index is 705. The maximum Gasteiger partial charge on any atom is 0.243 e. The predicted molar refractivity (Wildman–Crippen MR) is 71.1 cm³/mol. The molecule has 2 rings (SSSR count). The van der Waals surface area contributed by atoms with Crippen molar-refractivity contribution in [1.29, 1.82) is 0 Å². The lowest BCUT2D eigenvalue weighted by Gasteiger charge is -2.09. The van der Waals surface area contributed by atoms with Crippen molar-refractivity contribution < 1.29 is 12.8 Å². The summed E-state index contributed by atoms with van der Waals surface area (Å²) in [7, 11) is -4.04. The molecule has 7 nitrogen and oxygen atoms in total. The van der Waals surface area contributed by atoms with E-state index in [0.29, 0.717) is 5.82 Å². The van der Waals surface area contributed by atoms with Gasteiger partial charge in [0.1, 0.15) is 17.0 Å². The zero-order valence-electron chi connectivity index (χ0n) is 10.1. The summed E-state index contributed by atoms with van der Waals surface area (Å²) in [5.74, 6) is -0.521. The lowest BCUT2D eigenvalue weighted by molar-refractivity contribution is 0.557. The molecule has 0 aliphatic carbocycles. The molecule has 0 radical (unpaired) electrons. The van der Waals surface area contributed by atoms with E-state index in [-0.39, 0.29) is 23.7 Å². The summed E-state index contributed by atoms with van der Waals surface area (Å²) in [6.45, 7) is 0.0311. The maximum absolute atomic E-state index is 13.7. The second kappa shape index (κ2) is 5.73. The number of hydrogen-bond donors (Lipinski definition) is 3. The highest BCUT2D eigenvalue weighted by Crippen LogP contribution is 2.25. The third-order valence-electron chi connectivity index (χ3n) is 2.43. The fraction of sp³-hybridized carbons (Fsp3) is 0.200. The van der Waals surface area contributed by atoms with Crippen molar-refractivity contribution in [3.8, 4) is 0 Å². The molecule has 0 fully saturated rings. The number of sulfonamides is 1. The highest BCUT2D eigenvalue weighted by Gasteiger charge is 2.21. The van der Waals surface area contributed by atoms with Crippen molar-refractivity contribution in [1.82, 2.24) is 19.9 Å². The van der Waals surface area contributed by atoms with Crippen LogP contribution in [0.5, 0.6) is 0 Å². The highest BCUT2D eigenvalue weighted by molar-refractivity contribution is 7.89. The minimum atomic E-state index is -4.04. The highest BCUT2D eigenvalue weighted by atomic mass is 35.5. The summed E-state index contributed by atoms with van der Waals surface area (Å²) < 4.78 is 39.9. The number of H-pyrrole nitrogens is 1. The summed E-state index contributed by atoms with van der Waals surface area (Å²) in [6, 6.07) is 2.16. The topological polar surface area (TPSA) is 114 Å². The van der Waals surface area contributed by atoms with Crippen LogP contribution in [0.4, 0.5) is 10.1 Å². The lowest BCUT2D eigenvalue weighted by Crippen LogP contribution is -2.27. The Labute approximate surface area is 119 Å². The minimum Gasteiger partial charge on any atom is -0.399 e. The molecule has 108 valence electrons. The molecule has 1 aromatic heterocycles. The van der Waals surface area contributed by atoms with Crippen molar-refractivity contribution in [2.45, 2.75) is 11.3 Å². The van der Waals surface area contributed by atoms with Gasteiger partial charge in [-0.3, -0.25) is 5.10 Å². The number of aromatic amines is 1. The third-order valence-corrected chi connectivity index (χ3v) is 4.16. The number of anilines is 1. The van der Waals surface area contributed by atoms with Gasteiger partial charge in [0.25, 0.3) is 0 Å². The first-order valence-corrected chi connectivity index (χ1v) is 7.34. The van der Waals surface area contributed by atoms with Crippen LogP contribution in [0.1, 0.15) is 5.82 Å². The average molecular weight is 320 g/mol. The summed E-state index contributed by atoms with van der Waals surface area (Å²) in [6.07, 6.45) is 1.60. The Hall–Kier alpha value is -1.71. The van der Waals surface area contributed by atoms with Crippen molar-refractivity contribution in [2.75, 3.05) is 12.3 Å². The molecule has 0 amide bonds. The molecule has 0 saturated heterocycles. The van der Waals surface area contributed by atoms with Gasteiger partial charge in [0.15, 0.2) is 5.82 Å². The number of hydrogen-bond acceptors (Lipinski definition) is 5. The normalized spacial score (nSPS) is 11.7. The van der Waals surface area contributed by atoms with Crippen molar-refractivity contribution in [3.63, 3.8) is 0 Å². The van der Waals surface area contributed by atoms with Gasteiger partial charge >= 0.3 is 0 Å². The molecular weight excluding hydrogens is 309 g/mol. The standard InChI is InChI=1S/C10H11ClFN5O2S/c11-7-3-6(13)4-8(10(7)12)20(18,19)16-2-1-9-14-5-15-17-9/h3-5,16H,1-2,13H2,(H,14,15,17). The minimum absolute atomic E-state index is 0.0311. The number of rotatable bonds is 5. The quantitative estimate of drug-likeness (QED) is 0.702. The molecule has 0 spiro atoms. The molecule has 0 atom stereocenters. The van der Waals surface area contributed by atoms with Gasteiger partial charge in [-0.15, -0.1) is 0 Å². The average Bonchev–Trinajstić information content (AvgIpc) is 2.86. The van der Waals surface area contributed by atoms with E-state index in [0.717, 1.165) is 12.1 Å². The number of halogens is 2. The number of benzene rings is 1. The first kappa shape index (κ1) is 14.7. The van der Waals surface area contributed by atoms with Gasteiger partial charge in [0.2, 0.25) is 10.0 Å². The molecule has 0 saturated carbocycles. The van der Waals surface area contributed by atoms with Gasteiger partial charge in [-0.2, -0.15) is 5.10 Å². The van der Waals surface area contributed by atoms with E-state index >= 15 is 0 Å². The predicted octanol–water partition coefficient (Wildman–Crippen LogP) is 0.700. The van der Waals surface area contributed by atoms with Crippen LogP contribution in [0.3, 0.4) is 0 Å². The van der Waals surface area contributed by atoms with Crippen LogP contribution in [-0.2, 0) is 16.4 Å². The van der Waals surface area contributed by atoms with Crippen LogP contribution in [0.25, 0.3) is 0 Å². The molecule has 20 heavy (non-hydrogen) atoms. The van der Waals surface area contributed by atoms with Gasteiger partial charge in [-0.1, -0.05) is 11.6 Å². The SMILES string of the molecule is Nc1cc(Cl)c(F)c(S(=O)(=O)NCCc2ncn[nH]2)c1. The first-order chi connectivity index (χ1) is 9.40. The molecule has 0 aliphatic heterocycles. The summed E-state index contributed by atoms with van der Waals surface area (Å²) in [5, 5.41) is 5.86. The van der Waals surface area contributed by atoms with Crippen LogP contribution in [0.2, 0.25) is 5.02 Å². The van der Waals surface area contributed by atoms with Gasteiger partial charge in [-0.05, 0) is 12.1 Å². The second-order valence-electron chi connectivity index (χ2n) is 3.89. The Morgan fingerprint density at radius 3 is 2.85 bits per heavy atom. The van der Waals surface area contributed by atoms with Crippen LogP contribution < -0.4 is 10.5 Å². The van der Waals surface area contributed by atoms with E-state index in [4.69, 9.17) is 17.3 Å². The van der Waals surface area contributed by atoms with Gasteiger partial charge in [-0.25, -0.2) is 22.5 Å². The number of aromatic nitrogens is 3. The lowest BCUT2D eigenvalue weighted by atomic mass is 10.3. The fourth-order valence-electron chi connectivity index (χ4n) is 1.51. The van der Waals surface area contributed by atoms with E-state index in [1.54, 1.807) is 0 Å². The monoisotopic (exact) mass is 319 g/mol. The molecule has 2 aromatic rings. The second-order valence-corrected chi connectivity index (χ2v) is 6.04. The van der Waals surface area contributed by atoms with Crippen LogP contribution in [-0.4, -0.2) is 30.1 Å². The number of nitrogens with one attached hydrogen (secondary N) is 2. The van der Waals surface area contributed by atoms with Crippen LogP contribution in [0.15, 0.2) is 23.4 Å². The van der Waals surface area contributed by atoms with Crippen molar-refractivity contribution >= 4 is 27.3 Å². The molecule has 4 N–H and O–H groups in total. The van der Waals surface area contributed by atoms with Gasteiger partial charge in [0, 0.05) is 18.7 Å². The molecular formula is C10H11ClFN5O2S. The number of nitrogens with zero attached hydrogens (tertiary/aromatic N) is 2. The van der Waals surface area contributed by atoms with E-state index in [2.05, 4.69) is 19.9 Å². The molecule has 1 aromatic carbocycles. The van der Waals surface area contributed by atoms with Gasteiger partial charge in [0.05, 0.1) is 5.02 Å². The molecule has 0 bridgehead atoms. The molecule has 1 heterocycles. The number of nitrogens with two attached hydrogens (primary N) is 1. The first-order valence-electron chi connectivity index (χ1n) is 5.48. The Morgan fingerprint density at radius 2 is 2.20 bits per heavy atom. The van der Waals surface area contributed by atoms with Crippen LogP contribution >= 0.6 is 11.6 Å². The van der Waals surface area contributed by atoms with Crippen molar-refractivity contribution in [2.24, 2.45) is 0 Å². The zero-order chi connectivity index (χ0) is 14.8. The van der Waals surface area contributed by atoms with E-state index in [1.165, 1.54) is 6.33 Å². The molecule has 0 aliphatic rings. The van der Waals surface area contributed by atoms with E-state index in [9.17, 15) is 12.8 Å². The summed E-state index contributed by atoms with van der Waals surface area (Å²) in [5.41, 5.74) is 5.53. The van der Waals surface area contributed by atoms with Gasteiger partial charge < -0.3 is 5.73 Å². The Morgan fingerprint density at radius 1 is 1.45 bits per heavy atom. The maximum atomic E-state index is 13.7. The third kappa shape index (κ3) is 3.24. The summed E-state index contributed by atoms with van der Waals surface area (Å²) >= 11 is 5.57. The Kier molecular flexibility index (Phi) is 4.21.